The molecule has 1 aromatic heterocycles. The van der Waals surface area contributed by atoms with E-state index < -0.39 is 0 Å². The minimum Gasteiger partial charge on any atom is -0.495 e. The third-order valence-electron chi connectivity index (χ3n) is 6.67. The predicted octanol–water partition coefficient (Wildman–Crippen LogP) is 7.07. The molecule has 0 saturated carbocycles. The molecule has 1 unspecified atom stereocenters. The molecule has 4 rings (SSSR count). The van der Waals surface area contributed by atoms with Gasteiger partial charge in [0.1, 0.15) is 12.4 Å². The lowest BCUT2D eigenvalue weighted by molar-refractivity contribution is 0.134. The van der Waals surface area contributed by atoms with Crippen LogP contribution < -0.4 is 4.90 Å². The van der Waals surface area contributed by atoms with Crippen molar-refractivity contribution in [3.8, 4) is 11.1 Å². The van der Waals surface area contributed by atoms with Crippen LogP contribution in [0.1, 0.15) is 49.6 Å². The van der Waals surface area contributed by atoms with Gasteiger partial charge in [-0.25, -0.2) is 0 Å². The van der Waals surface area contributed by atoms with Gasteiger partial charge in [-0.1, -0.05) is 54.5 Å². The van der Waals surface area contributed by atoms with Gasteiger partial charge in [0.15, 0.2) is 17.3 Å². The van der Waals surface area contributed by atoms with Crippen LogP contribution in [-0.4, -0.2) is 24.9 Å². The topological polar surface area (TPSA) is 57.0 Å². The highest BCUT2D eigenvalue weighted by atomic mass is 16.5. The first-order valence-electron chi connectivity index (χ1n) is 12.6. The minimum absolute atomic E-state index is 0.0814. The fourth-order valence-electron chi connectivity index (χ4n) is 4.60. The van der Waals surface area contributed by atoms with Gasteiger partial charge in [-0.3, -0.25) is 0 Å². The summed E-state index contributed by atoms with van der Waals surface area (Å²) in [6, 6.07) is 16.8. The normalized spacial score (nSPS) is 15.8. The fraction of sp³-hybridized carbons (Fsp3) is 0.367. The summed E-state index contributed by atoms with van der Waals surface area (Å²) in [5.41, 5.74) is 6.72. The predicted molar refractivity (Wildman–Crippen MR) is 142 cm³/mol. The van der Waals surface area contributed by atoms with Crippen molar-refractivity contribution in [2.75, 3.05) is 18.6 Å². The van der Waals surface area contributed by atoms with Gasteiger partial charge in [-0.15, -0.1) is 0 Å². The molecule has 0 fully saturated rings. The van der Waals surface area contributed by atoms with Crippen LogP contribution in [0.4, 0.5) is 5.82 Å². The minimum atomic E-state index is -0.0814. The lowest BCUT2D eigenvalue weighted by Crippen LogP contribution is -2.38. The maximum Gasteiger partial charge on any atom is 0.180 e. The highest BCUT2D eigenvalue weighted by Gasteiger charge is 2.33. The number of hydrogen-bond acceptors (Lipinski definition) is 6. The van der Waals surface area contributed by atoms with Gasteiger partial charge in [0.2, 0.25) is 0 Å². The largest absolute Gasteiger partial charge is 0.495 e. The first-order valence-corrected chi connectivity index (χ1v) is 12.6. The van der Waals surface area contributed by atoms with Crippen LogP contribution in [0.3, 0.4) is 0 Å². The average molecular weight is 489 g/mol. The molecular formula is C30H36N2O4. The molecule has 0 bridgehead atoms. The first kappa shape index (κ1) is 25.6. The number of anilines is 1. The second-order valence-corrected chi connectivity index (χ2v) is 8.94. The number of benzene rings is 2. The summed E-state index contributed by atoms with van der Waals surface area (Å²) in [6.45, 7) is 11.9. The molecule has 1 atom stereocenters. The monoisotopic (exact) mass is 488 g/mol. The van der Waals surface area contributed by atoms with E-state index in [0.29, 0.717) is 19.8 Å². The molecule has 190 valence electrons. The van der Waals surface area contributed by atoms with Gasteiger partial charge in [-0.05, 0) is 62.4 Å². The standard InChI is InChI=1S/C30H36N2O4/c1-7-26-17-28(29(33-6)21(4)32(26)30-20(3)22(5)36-31-30)35-18-23-14-15-27(24-12-10-9-11-13-24)25(16-23)19-34-8-2/h9-17,21H,7-8,18-19H2,1-6H3. The Morgan fingerprint density at radius 3 is 2.44 bits per heavy atom. The molecule has 1 aliphatic heterocycles. The summed E-state index contributed by atoms with van der Waals surface area (Å²) in [7, 11) is 1.69. The van der Waals surface area contributed by atoms with Gasteiger partial charge in [-0.2, -0.15) is 0 Å². The van der Waals surface area contributed by atoms with E-state index in [9.17, 15) is 0 Å². The second-order valence-electron chi connectivity index (χ2n) is 8.94. The van der Waals surface area contributed by atoms with E-state index in [0.717, 1.165) is 51.9 Å². The van der Waals surface area contributed by atoms with E-state index in [1.165, 1.54) is 11.1 Å². The van der Waals surface area contributed by atoms with E-state index in [1.807, 2.05) is 26.8 Å². The second kappa shape index (κ2) is 11.5. The van der Waals surface area contributed by atoms with Gasteiger partial charge < -0.3 is 23.6 Å². The molecule has 3 aromatic rings. The Hall–Kier alpha value is -3.51. The van der Waals surface area contributed by atoms with Crippen LogP contribution in [0, 0.1) is 13.8 Å². The van der Waals surface area contributed by atoms with Crippen LogP contribution >= 0.6 is 0 Å². The molecule has 2 heterocycles. The molecule has 36 heavy (non-hydrogen) atoms. The van der Waals surface area contributed by atoms with Crippen molar-refractivity contribution in [1.82, 2.24) is 5.16 Å². The molecule has 2 aromatic carbocycles. The molecular weight excluding hydrogens is 452 g/mol. The number of allylic oxidation sites excluding steroid dienone is 2. The number of aromatic nitrogens is 1. The molecule has 0 amide bonds. The van der Waals surface area contributed by atoms with Crippen molar-refractivity contribution in [3.05, 3.63) is 94.3 Å². The van der Waals surface area contributed by atoms with E-state index in [-0.39, 0.29) is 6.04 Å². The molecule has 0 radical (unpaired) electrons. The van der Waals surface area contributed by atoms with E-state index >= 15 is 0 Å². The summed E-state index contributed by atoms with van der Waals surface area (Å²) < 4.78 is 23.4. The van der Waals surface area contributed by atoms with Gasteiger partial charge in [0, 0.05) is 23.9 Å². The molecule has 0 saturated heterocycles. The molecule has 0 N–H and O–H groups in total. The van der Waals surface area contributed by atoms with Crippen molar-refractivity contribution >= 4 is 5.82 Å². The number of nitrogens with zero attached hydrogens (tertiary/aromatic N) is 2. The smallest absolute Gasteiger partial charge is 0.180 e. The molecule has 0 spiro atoms. The highest BCUT2D eigenvalue weighted by molar-refractivity contribution is 5.67. The summed E-state index contributed by atoms with van der Waals surface area (Å²) >= 11 is 0. The highest BCUT2D eigenvalue weighted by Crippen LogP contribution is 2.36. The fourth-order valence-corrected chi connectivity index (χ4v) is 4.60. The zero-order chi connectivity index (χ0) is 25.7. The molecule has 0 aliphatic carbocycles. The van der Waals surface area contributed by atoms with Gasteiger partial charge in [0.25, 0.3) is 0 Å². The van der Waals surface area contributed by atoms with Crippen LogP contribution in [0.15, 0.2) is 76.3 Å². The summed E-state index contributed by atoms with van der Waals surface area (Å²) in [5.74, 6) is 3.15. The Labute approximate surface area is 214 Å². The molecule has 6 heteroatoms. The third-order valence-corrected chi connectivity index (χ3v) is 6.67. The first-order chi connectivity index (χ1) is 17.5. The zero-order valence-corrected chi connectivity index (χ0v) is 22.1. The maximum atomic E-state index is 6.37. The molecule has 6 nitrogen and oxygen atoms in total. The van der Waals surface area contributed by atoms with E-state index in [4.69, 9.17) is 18.7 Å². The maximum absolute atomic E-state index is 6.37. The Kier molecular flexibility index (Phi) is 8.16. The zero-order valence-electron chi connectivity index (χ0n) is 22.1. The van der Waals surface area contributed by atoms with Gasteiger partial charge in [0.05, 0.1) is 19.8 Å². The number of aryl methyl sites for hydroxylation is 1. The number of hydrogen-bond donors (Lipinski definition) is 0. The van der Waals surface area contributed by atoms with Crippen molar-refractivity contribution in [2.45, 2.75) is 60.3 Å². The number of ether oxygens (including phenoxy) is 3. The summed E-state index contributed by atoms with van der Waals surface area (Å²) in [5, 5.41) is 4.32. The quantitative estimate of drug-likeness (QED) is 0.304. The average Bonchev–Trinajstić information content (AvgIpc) is 3.23. The third kappa shape index (κ3) is 5.19. The lowest BCUT2D eigenvalue weighted by Gasteiger charge is -2.36. The lowest BCUT2D eigenvalue weighted by atomic mass is 9.98. The number of methoxy groups -OCH3 is 1. The van der Waals surface area contributed by atoms with Crippen molar-refractivity contribution in [1.29, 1.82) is 0 Å². The summed E-state index contributed by atoms with van der Waals surface area (Å²) in [4.78, 5) is 2.17. The number of rotatable bonds is 10. The van der Waals surface area contributed by atoms with E-state index in [1.54, 1.807) is 7.11 Å². The van der Waals surface area contributed by atoms with Crippen LogP contribution in [0.2, 0.25) is 0 Å². The van der Waals surface area contributed by atoms with Crippen LogP contribution in [0.5, 0.6) is 0 Å². The van der Waals surface area contributed by atoms with Crippen LogP contribution in [-0.2, 0) is 27.4 Å². The Morgan fingerprint density at radius 1 is 1.03 bits per heavy atom. The Bertz CT molecular complexity index is 1240. The van der Waals surface area contributed by atoms with Crippen molar-refractivity contribution in [2.24, 2.45) is 0 Å². The van der Waals surface area contributed by atoms with Crippen molar-refractivity contribution in [3.63, 3.8) is 0 Å². The van der Waals surface area contributed by atoms with E-state index in [2.05, 4.69) is 72.4 Å². The van der Waals surface area contributed by atoms with Gasteiger partial charge >= 0.3 is 0 Å². The molecule has 1 aliphatic rings. The Balaban J connectivity index is 1.60. The summed E-state index contributed by atoms with van der Waals surface area (Å²) in [6.07, 6.45) is 2.88. The van der Waals surface area contributed by atoms with Crippen molar-refractivity contribution < 1.29 is 18.7 Å². The van der Waals surface area contributed by atoms with Crippen LogP contribution in [0.25, 0.3) is 11.1 Å². The Morgan fingerprint density at radius 2 is 1.81 bits per heavy atom. The SMILES string of the molecule is CCOCc1cc(COC2=C(OC)C(C)N(c3noc(C)c3C)C(CC)=C2)ccc1-c1ccccc1.